The second-order valence-corrected chi connectivity index (χ2v) is 4.99. The van der Waals surface area contributed by atoms with Gasteiger partial charge in [-0.1, -0.05) is 12.1 Å². The number of benzene rings is 1. The Balaban J connectivity index is 1.61. The van der Waals surface area contributed by atoms with E-state index in [-0.39, 0.29) is 18.4 Å². The summed E-state index contributed by atoms with van der Waals surface area (Å²) in [6.07, 6.45) is 2.24. The number of rotatable bonds is 4. The Kier molecular flexibility index (Phi) is 3.14. The van der Waals surface area contributed by atoms with Gasteiger partial charge in [-0.3, -0.25) is 19.5 Å². The predicted molar refractivity (Wildman–Crippen MR) is 74.5 cm³/mol. The van der Waals surface area contributed by atoms with Crippen molar-refractivity contribution in [1.82, 2.24) is 10.2 Å². The molecule has 1 saturated carbocycles. The third-order valence-corrected chi connectivity index (χ3v) is 3.41. The summed E-state index contributed by atoms with van der Waals surface area (Å²) in [4.78, 5) is 29.5. The first-order valence-electron chi connectivity index (χ1n) is 6.68. The molecule has 1 aliphatic heterocycles. The first-order chi connectivity index (χ1) is 9.66. The highest BCUT2D eigenvalue weighted by atomic mass is 16.2. The Hall–Kier alpha value is -2.37. The van der Waals surface area contributed by atoms with E-state index in [0.29, 0.717) is 29.7 Å². The highest BCUT2D eigenvalue weighted by Gasteiger charge is 2.34. The number of nitrogens with two attached hydrogens (primary N) is 1. The third kappa shape index (κ3) is 2.36. The molecule has 0 aromatic heterocycles. The van der Waals surface area contributed by atoms with Crippen molar-refractivity contribution in [3.05, 3.63) is 35.4 Å². The van der Waals surface area contributed by atoms with Crippen molar-refractivity contribution < 1.29 is 9.59 Å². The fourth-order valence-electron chi connectivity index (χ4n) is 2.20. The van der Waals surface area contributed by atoms with E-state index in [1.165, 1.54) is 4.90 Å². The van der Waals surface area contributed by atoms with E-state index in [9.17, 15) is 9.59 Å². The van der Waals surface area contributed by atoms with Crippen molar-refractivity contribution in [2.45, 2.75) is 18.9 Å². The standard InChI is InChI=1S/C14H16N4O2/c15-14(17-9-5-6-9)16-7-8-18-12(19)10-3-1-2-4-11(10)13(18)20/h1-4,9H,5-8H2,(H3,15,16,17). The van der Waals surface area contributed by atoms with Gasteiger partial charge in [-0.15, -0.1) is 0 Å². The number of nitrogens with zero attached hydrogens (tertiary/aromatic N) is 2. The summed E-state index contributed by atoms with van der Waals surface area (Å²) >= 11 is 0. The van der Waals surface area contributed by atoms with Crippen LogP contribution < -0.4 is 11.1 Å². The molecule has 104 valence electrons. The number of carbonyl (C=O) groups is 2. The molecule has 2 amide bonds. The van der Waals surface area contributed by atoms with Gasteiger partial charge >= 0.3 is 0 Å². The van der Waals surface area contributed by atoms with E-state index >= 15 is 0 Å². The monoisotopic (exact) mass is 272 g/mol. The van der Waals surface area contributed by atoms with Gasteiger partial charge in [0, 0.05) is 12.6 Å². The molecule has 0 radical (unpaired) electrons. The quantitative estimate of drug-likeness (QED) is 0.470. The fourth-order valence-corrected chi connectivity index (χ4v) is 2.20. The maximum Gasteiger partial charge on any atom is 0.261 e. The zero-order valence-corrected chi connectivity index (χ0v) is 11.0. The molecule has 1 fully saturated rings. The molecule has 1 aromatic carbocycles. The van der Waals surface area contributed by atoms with Crippen molar-refractivity contribution in [3.63, 3.8) is 0 Å². The lowest BCUT2D eigenvalue weighted by Crippen LogP contribution is -2.36. The maximum absolute atomic E-state index is 12.1. The van der Waals surface area contributed by atoms with Crippen LogP contribution in [0.2, 0.25) is 0 Å². The molecule has 3 rings (SSSR count). The molecule has 0 saturated heterocycles. The number of carbonyl (C=O) groups excluding carboxylic acids is 2. The lowest BCUT2D eigenvalue weighted by Gasteiger charge is -2.12. The van der Waals surface area contributed by atoms with Crippen LogP contribution in [0.1, 0.15) is 33.6 Å². The summed E-state index contributed by atoms with van der Waals surface area (Å²) in [6, 6.07) is 7.29. The summed E-state index contributed by atoms with van der Waals surface area (Å²) in [6.45, 7) is 0.566. The van der Waals surface area contributed by atoms with Crippen LogP contribution in [-0.2, 0) is 0 Å². The summed E-state index contributed by atoms with van der Waals surface area (Å²) in [7, 11) is 0. The smallest absolute Gasteiger partial charge is 0.261 e. The number of guanidine groups is 1. The van der Waals surface area contributed by atoms with Crippen molar-refractivity contribution >= 4 is 17.8 Å². The number of fused-ring (bicyclic) bond motifs is 1. The number of imide groups is 1. The van der Waals surface area contributed by atoms with Crippen LogP contribution in [0, 0.1) is 0 Å². The Labute approximate surface area is 116 Å². The van der Waals surface area contributed by atoms with Crippen molar-refractivity contribution in [3.8, 4) is 0 Å². The highest BCUT2D eigenvalue weighted by molar-refractivity contribution is 6.21. The second kappa shape index (κ2) is 4.96. The molecule has 0 bridgehead atoms. The van der Waals surface area contributed by atoms with Gasteiger partial charge in [0.2, 0.25) is 0 Å². The number of hydrogen-bond donors (Lipinski definition) is 2. The maximum atomic E-state index is 12.1. The molecule has 2 aliphatic rings. The average molecular weight is 272 g/mol. The second-order valence-electron chi connectivity index (χ2n) is 4.99. The molecular formula is C14H16N4O2. The zero-order chi connectivity index (χ0) is 14.1. The number of nitrogens with one attached hydrogen (secondary N) is 1. The molecule has 0 spiro atoms. The lowest BCUT2D eigenvalue weighted by atomic mass is 10.1. The lowest BCUT2D eigenvalue weighted by molar-refractivity contribution is 0.0659. The van der Waals surface area contributed by atoms with Crippen molar-refractivity contribution in [1.29, 1.82) is 0 Å². The Bertz CT molecular complexity index is 558. The topological polar surface area (TPSA) is 87.8 Å². The SMILES string of the molecule is NC(=NCCN1C(=O)c2ccccc2C1=O)NC1CC1. The highest BCUT2D eigenvalue weighted by Crippen LogP contribution is 2.22. The van der Waals surface area contributed by atoms with E-state index in [1.54, 1.807) is 24.3 Å². The van der Waals surface area contributed by atoms with Crippen LogP contribution in [0.25, 0.3) is 0 Å². The van der Waals surface area contributed by atoms with Gasteiger partial charge in [0.15, 0.2) is 5.96 Å². The van der Waals surface area contributed by atoms with Gasteiger partial charge in [0.05, 0.1) is 17.7 Å². The first kappa shape index (κ1) is 12.7. The first-order valence-corrected chi connectivity index (χ1v) is 6.68. The van der Waals surface area contributed by atoms with Crippen molar-refractivity contribution in [2.75, 3.05) is 13.1 Å². The van der Waals surface area contributed by atoms with Crippen LogP contribution in [0.3, 0.4) is 0 Å². The molecule has 6 heteroatoms. The zero-order valence-electron chi connectivity index (χ0n) is 11.0. The molecule has 0 atom stereocenters. The van der Waals surface area contributed by atoms with E-state index in [2.05, 4.69) is 10.3 Å². The number of amides is 2. The summed E-state index contributed by atoms with van der Waals surface area (Å²) in [5, 5.41) is 3.06. The van der Waals surface area contributed by atoms with Crippen LogP contribution in [-0.4, -0.2) is 41.8 Å². The van der Waals surface area contributed by atoms with Crippen LogP contribution >= 0.6 is 0 Å². The van der Waals surface area contributed by atoms with E-state index in [0.717, 1.165) is 12.8 Å². The Morgan fingerprint density at radius 2 is 1.85 bits per heavy atom. The van der Waals surface area contributed by atoms with E-state index in [1.807, 2.05) is 0 Å². The van der Waals surface area contributed by atoms with Crippen LogP contribution in [0.15, 0.2) is 29.3 Å². The third-order valence-electron chi connectivity index (χ3n) is 3.41. The summed E-state index contributed by atoms with van der Waals surface area (Å²) in [5.41, 5.74) is 6.63. The van der Waals surface area contributed by atoms with Gasteiger partial charge < -0.3 is 11.1 Å². The van der Waals surface area contributed by atoms with Crippen LogP contribution in [0.4, 0.5) is 0 Å². The van der Waals surface area contributed by atoms with Crippen molar-refractivity contribution in [2.24, 2.45) is 10.7 Å². The van der Waals surface area contributed by atoms with Gasteiger partial charge in [-0.05, 0) is 25.0 Å². The number of hydrogen-bond acceptors (Lipinski definition) is 3. The molecule has 20 heavy (non-hydrogen) atoms. The van der Waals surface area contributed by atoms with E-state index in [4.69, 9.17) is 5.73 Å². The van der Waals surface area contributed by atoms with Gasteiger partial charge in [-0.25, -0.2) is 0 Å². The average Bonchev–Trinajstić information content (AvgIpc) is 3.22. The minimum atomic E-state index is -0.255. The molecule has 1 heterocycles. The summed E-state index contributed by atoms with van der Waals surface area (Å²) < 4.78 is 0. The summed E-state index contributed by atoms with van der Waals surface area (Å²) in [5.74, 6) is -0.131. The minimum absolute atomic E-state index is 0.249. The number of aliphatic imine (C=N–C) groups is 1. The molecule has 6 nitrogen and oxygen atoms in total. The van der Waals surface area contributed by atoms with Gasteiger partial charge in [-0.2, -0.15) is 0 Å². The fraction of sp³-hybridized carbons (Fsp3) is 0.357. The van der Waals surface area contributed by atoms with Gasteiger partial charge in [0.25, 0.3) is 11.8 Å². The Morgan fingerprint density at radius 1 is 1.25 bits per heavy atom. The minimum Gasteiger partial charge on any atom is -0.370 e. The van der Waals surface area contributed by atoms with Gasteiger partial charge in [0.1, 0.15) is 0 Å². The Morgan fingerprint density at radius 3 is 2.40 bits per heavy atom. The predicted octanol–water partition coefficient (Wildman–Crippen LogP) is 0.349. The van der Waals surface area contributed by atoms with Crippen LogP contribution in [0.5, 0.6) is 0 Å². The molecule has 1 aliphatic carbocycles. The largest absolute Gasteiger partial charge is 0.370 e. The molecular weight excluding hydrogens is 256 g/mol. The molecule has 1 aromatic rings. The molecule has 3 N–H and O–H groups in total. The van der Waals surface area contributed by atoms with E-state index < -0.39 is 0 Å². The molecule has 0 unspecified atom stereocenters. The normalized spacial score (nSPS) is 18.4.